The maximum absolute atomic E-state index is 4.47. The van der Waals surface area contributed by atoms with Gasteiger partial charge in [0.2, 0.25) is 0 Å². The molecule has 1 N–H and O–H groups in total. The van der Waals surface area contributed by atoms with E-state index in [1.54, 1.807) is 0 Å². The molecule has 3 rings (SSSR count). The number of hydrogen-bond acceptors (Lipinski definition) is 4. The highest BCUT2D eigenvalue weighted by molar-refractivity contribution is 5.80. The van der Waals surface area contributed by atoms with Gasteiger partial charge in [-0.2, -0.15) is 0 Å². The molecule has 0 aromatic carbocycles. The summed E-state index contributed by atoms with van der Waals surface area (Å²) in [4.78, 5) is 9.37. The first-order valence-electron chi connectivity index (χ1n) is 9.25. The van der Waals surface area contributed by atoms with Gasteiger partial charge in [-0.05, 0) is 31.6 Å². The Balaban J connectivity index is 1.53. The van der Waals surface area contributed by atoms with Crippen molar-refractivity contribution in [1.82, 2.24) is 29.7 Å². The van der Waals surface area contributed by atoms with Crippen molar-refractivity contribution in [2.75, 3.05) is 39.8 Å². The maximum Gasteiger partial charge on any atom is 0.193 e. The summed E-state index contributed by atoms with van der Waals surface area (Å²) in [6, 6.07) is 6.59. The number of hydrogen-bond donors (Lipinski definition) is 1. The number of aliphatic imine (C=N–C) groups is 1. The lowest BCUT2D eigenvalue weighted by Gasteiger charge is -2.27. The summed E-state index contributed by atoms with van der Waals surface area (Å²) in [6.07, 6.45) is 4.03. The van der Waals surface area contributed by atoms with E-state index >= 15 is 0 Å². The molecule has 7 nitrogen and oxygen atoms in total. The highest BCUT2D eigenvalue weighted by Gasteiger charge is 2.27. The number of aromatic nitrogens is 3. The van der Waals surface area contributed by atoms with E-state index < -0.39 is 0 Å². The maximum atomic E-state index is 4.47. The van der Waals surface area contributed by atoms with Gasteiger partial charge in [-0.15, -0.1) is 10.2 Å². The van der Waals surface area contributed by atoms with Crippen molar-refractivity contribution in [3.8, 4) is 0 Å². The molecule has 136 valence electrons. The predicted molar refractivity (Wildman–Crippen MR) is 101 cm³/mol. The van der Waals surface area contributed by atoms with E-state index in [0.717, 1.165) is 56.6 Å². The fourth-order valence-electron chi connectivity index (χ4n) is 3.65. The number of nitrogens with zero attached hydrogens (tertiary/aromatic N) is 6. The fraction of sp³-hybridized carbons (Fsp3) is 0.611. The van der Waals surface area contributed by atoms with Crippen LogP contribution in [-0.2, 0) is 6.42 Å². The van der Waals surface area contributed by atoms with E-state index in [1.165, 1.54) is 6.42 Å². The third kappa shape index (κ3) is 3.92. The topological polar surface area (TPSA) is 61.1 Å². The van der Waals surface area contributed by atoms with Crippen LogP contribution in [-0.4, -0.2) is 76.2 Å². The molecule has 2 aromatic rings. The van der Waals surface area contributed by atoms with Gasteiger partial charge in [0.1, 0.15) is 5.82 Å². The molecule has 0 spiro atoms. The van der Waals surface area contributed by atoms with Gasteiger partial charge in [-0.3, -0.25) is 14.3 Å². The number of nitrogens with one attached hydrogen (secondary N) is 1. The lowest BCUT2D eigenvalue weighted by Crippen LogP contribution is -2.43. The van der Waals surface area contributed by atoms with Crippen LogP contribution in [0.2, 0.25) is 0 Å². The van der Waals surface area contributed by atoms with Gasteiger partial charge >= 0.3 is 0 Å². The highest BCUT2D eigenvalue weighted by Crippen LogP contribution is 2.15. The van der Waals surface area contributed by atoms with Crippen molar-refractivity contribution in [3.05, 3.63) is 30.2 Å². The molecule has 3 heterocycles. The van der Waals surface area contributed by atoms with Gasteiger partial charge in [0.15, 0.2) is 11.6 Å². The van der Waals surface area contributed by atoms with E-state index in [2.05, 4.69) is 44.2 Å². The highest BCUT2D eigenvalue weighted by atomic mass is 15.3. The second-order valence-electron chi connectivity index (χ2n) is 6.38. The quantitative estimate of drug-likeness (QED) is 0.632. The number of pyridine rings is 1. The molecule has 7 heteroatoms. The average molecular weight is 343 g/mol. The Morgan fingerprint density at radius 1 is 1.32 bits per heavy atom. The lowest BCUT2D eigenvalue weighted by atomic mass is 10.2. The van der Waals surface area contributed by atoms with Crippen LogP contribution in [0.15, 0.2) is 29.4 Å². The monoisotopic (exact) mass is 343 g/mol. The van der Waals surface area contributed by atoms with Crippen LogP contribution in [0.25, 0.3) is 5.65 Å². The minimum absolute atomic E-state index is 0.633. The molecule has 1 fully saturated rings. The molecule has 0 radical (unpaired) electrons. The standard InChI is InChI=1S/C18H29N7/c1-4-23(5-2)15-10-13-24(14-15)18(19-3)20-11-9-17-22-21-16-8-6-7-12-25(16)17/h6-8,12,15H,4-5,9-11,13-14H2,1-3H3,(H,19,20). The minimum Gasteiger partial charge on any atom is -0.356 e. The van der Waals surface area contributed by atoms with Crippen molar-refractivity contribution >= 4 is 11.6 Å². The van der Waals surface area contributed by atoms with Gasteiger partial charge in [-0.1, -0.05) is 19.9 Å². The number of fused-ring (bicyclic) bond motifs is 1. The first-order valence-corrected chi connectivity index (χ1v) is 9.25. The first kappa shape index (κ1) is 17.7. The van der Waals surface area contributed by atoms with Crippen LogP contribution in [0.5, 0.6) is 0 Å². The molecule has 1 aliphatic heterocycles. The van der Waals surface area contributed by atoms with Gasteiger partial charge in [0.25, 0.3) is 0 Å². The molecule has 1 unspecified atom stereocenters. The SMILES string of the molecule is CCN(CC)C1CCN(C(=NC)NCCc2nnc3ccccn23)C1. The Morgan fingerprint density at radius 2 is 2.16 bits per heavy atom. The third-order valence-electron chi connectivity index (χ3n) is 5.02. The summed E-state index contributed by atoms with van der Waals surface area (Å²) >= 11 is 0. The van der Waals surface area contributed by atoms with Crippen LogP contribution in [0.3, 0.4) is 0 Å². The Morgan fingerprint density at radius 3 is 2.92 bits per heavy atom. The van der Waals surface area contributed by atoms with E-state index in [4.69, 9.17) is 0 Å². The summed E-state index contributed by atoms with van der Waals surface area (Å²) in [7, 11) is 1.86. The van der Waals surface area contributed by atoms with Crippen LogP contribution in [0, 0.1) is 0 Å². The van der Waals surface area contributed by atoms with Crippen molar-refractivity contribution in [1.29, 1.82) is 0 Å². The molecule has 25 heavy (non-hydrogen) atoms. The smallest absolute Gasteiger partial charge is 0.193 e. The first-order chi connectivity index (χ1) is 12.3. The average Bonchev–Trinajstić information content (AvgIpc) is 3.28. The zero-order chi connectivity index (χ0) is 17.6. The summed E-state index contributed by atoms with van der Waals surface area (Å²) in [5.74, 6) is 1.96. The van der Waals surface area contributed by atoms with Gasteiger partial charge in [0, 0.05) is 45.3 Å². The van der Waals surface area contributed by atoms with E-state index in [-0.39, 0.29) is 0 Å². The largest absolute Gasteiger partial charge is 0.356 e. The Kier molecular flexibility index (Phi) is 5.86. The molecule has 0 aliphatic carbocycles. The number of guanidine groups is 1. The van der Waals surface area contributed by atoms with Gasteiger partial charge in [0.05, 0.1) is 0 Å². The summed E-state index contributed by atoms with van der Waals surface area (Å²) in [6.45, 7) is 9.62. The van der Waals surface area contributed by atoms with Crippen LogP contribution in [0.4, 0.5) is 0 Å². The molecule has 0 bridgehead atoms. The normalized spacial score (nSPS) is 18.5. The van der Waals surface area contributed by atoms with Crippen molar-refractivity contribution < 1.29 is 0 Å². The Bertz CT molecular complexity index is 704. The predicted octanol–water partition coefficient (Wildman–Crippen LogP) is 1.26. The van der Waals surface area contributed by atoms with Gasteiger partial charge in [-0.25, -0.2) is 0 Å². The summed E-state index contributed by atoms with van der Waals surface area (Å²) in [5.41, 5.74) is 0.892. The van der Waals surface area contributed by atoms with Crippen LogP contribution < -0.4 is 5.32 Å². The number of likely N-dealkylation sites (N-methyl/N-ethyl adjacent to an activating group) is 1. The number of rotatable bonds is 6. The molecule has 1 atom stereocenters. The summed E-state index contributed by atoms with van der Waals surface area (Å²) < 4.78 is 2.04. The second-order valence-corrected chi connectivity index (χ2v) is 6.38. The molecular weight excluding hydrogens is 314 g/mol. The number of likely N-dealkylation sites (tertiary alicyclic amines) is 1. The van der Waals surface area contributed by atoms with Crippen molar-refractivity contribution in [3.63, 3.8) is 0 Å². The molecule has 0 saturated carbocycles. The third-order valence-corrected chi connectivity index (χ3v) is 5.02. The van der Waals surface area contributed by atoms with E-state index in [1.807, 2.05) is 35.8 Å². The van der Waals surface area contributed by atoms with Crippen molar-refractivity contribution in [2.45, 2.75) is 32.7 Å². The molecular formula is C18H29N7. The molecule has 0 amide bonds. The Hall–Kier alpha value is -2.15. The van der Waals surface area contributed by atoms with E-state index in [9.17, 15) is 0 Å². The molecule has 2 aromatic heterocycles. The molecule has 1 aliphatic rings. The summed E-state index contributed by atoms with van der Waals surface area (Å²) in [5, 5.41) is 12.0. The van der Waals surface area contributed by atoms with Crippen LogP contribution >= 0.6 is 0 Å². The Labute approximate surface area is 149 Å². The van der Waals surface area contributed by atoms with E-state index in [0.29, 0.717) is 6.04 Å². The zero-order valence-corrected chi connectivity index (χ0v) is 15.5. The fourth-order valence-corrected chi connectivity index (χ4v) is 3.65. The van der Waals surface area contributed by atoms with Crippen molar-refractivity contribution in [2.24, 2.45) is 4.99 Å². The van der Waals surface area contributed by atoms with Gasteiger partial charge < -0.3 is 10.2 Å². The second kappa shape index (κ2) is 8.29. The van der Waals surface area contributed by atoms with Crippen LogP contribution in [0.1, 0.15) is 26.1 Å². The lowest BCUT2D eigenvalue weighted by molar-refractivity contribution is 0.223. The minimum atomic E-state index is 0.633. The zero-order valence-electron chi connectivity index (χ0n) is 15.5. The molecule has 1 saturated heterocycles.